The van der Waals surface area contributed by atoms with Gasteiger partial charge in [0, 0.05) is 17.3 Å². The first-order valence-corrected chi connectivity index (χ1v) is 10.4. The van der Waals surface area contributed by atoms with Crippen LogP contribution in [0.15, 0.2) is 52.4 Å². The lowest BCUT2D eigenvalue weighted by Crippen LogP contribution is -2.40. The summed E-state index contributed by atoms with van der Waals surface area (Å²) < 4.78 is 38.5. The van der Waals surface area contributed by atoms with E-state index < -0.39 is 15.6 Å². The Morgan fingerprint density at radius 1 is 1.07 bits per heavy atom. The zero-order chi connectivity index (χ0) is 21.7. The zero-order valence-corrected chi connectivity index (χ0v) is 18.1. The predicted octanol–water partition coefficient (Wildman–Crippen LogP) is 2.71. The first kappa shape index (κ1) is 22.5. The van der Waals surface area contributed by atoms with Gasteiger partial charge in [-0.15, -0.1) is 0 Å². The normalized spacial score (nSPS) is 12.5. The van der Waals surface area contributed by atoms with Crippen LogP contribution in [0.5, 0.6) is 11.5 Å². The van der Waals surface area contributed by atoms with E-state index in [9.17, 15) is 8.42 Å². The quantitative estimate of drug-likeness (QED) is 0.469. The number of ether oxygens (including phenoxy) is 2. The molecule has 0 atom stereocenters. The Bertz CT molecular complexity index is 982. The Kier molecular flexibility index (Phi) is 7.10. The molecule has 0 radical (unpaired) electrons. The number of rotatable bonds is 7. The highest BCUT2D eigenvalue weighted by atomic mass is 32.2. The van der Waals surface area contributed by atoms with Crippen LogP contribution in [0, 0.1) is 0 Å². The molecule has 9 heteroatoms. The number of benzene rings is 2. The third kappa shape index (κ3) is 6.37. The Balaban J connectivity index is 2.20. The van der Waals surface area contributed by atoms with Gasteiger partial charge in [-0.05, 0) is 44.5 Å². The lowest BCUT2D eigenvalue weighted by atomic mass is 10.1. The minimum atomic E-state index is -3.68. The maximum atomic E-state index is 12.7. The number of nitrogens with two attached hydrogens (primary N) is 1. The second-order valence-electron chi connectivity index (χ2n) is 7.36. The molecule has 0 saturated carbocycles. The highest BCUT2D eigenvalue weighted by Crippen LogP contribution is 2.29. The van der Waals surface area contributed by atoms with Crippen LogP contribution in [0.1, 0.15) is 26.3 Å². The summed E-state index contributed by atoms with van der Waals surface area (Å²) in [6.07, 6.45) is 0. The number of methoxy groups -OCH3 is 2. The fourth-order valence-corrected chi connectivity index (χ4v) is 4.28. The zero-order valence-electron chi connectivity index (χ0n) is 17.3. The lowest BCUT2D eigenvalue weighted by Gasteiger charge is -2.21. The van der Waals surface area contributed by atoms with Gasteiger partial charge in [-0.3, -0.25) is 0 Å². The van der Waals surface area contributed by atoms with Gasteiger partial charge >= 0.3 is 0 Å². The van der Waals surface area contributed by atoms with Crippen LogP contribution in [0.3, 0.4) is 0 Å². The van der Waals surface area contributed by atoms with E-state index in [1.807, 2.05) is 0 Å². The van der Waals surface area contributed by atoms with Gasteiger partial charge in [-0.1, -0.05) is 18.2 Å². The Labute approximate surface area is 172 Å². The third-order valence-corrected chi connectivity index (χ3v) is 5.64. The average molecular weight is 421 g/mol. The second kappa shape index (κ2) is 9.15. The van der Waals surface area contributed by atoms with Crippen LogP contribution in [0.25, 0.3) is 0 Å². The molecule has 0 aromatic heterocycles. The SMILES string of the molecule is COc1ccc(NC(N)=NCc2ccccc2S(=O)(=O)NC(C)(C)C)cc1OC. The number of anilines is 1. The summed E-state index contributed by atoms with van der Waals surface area (Å²) in [4.78, 5) is 4.46. The molecule has 158 valence electrons. The number of sulfonamides is 1. The summed E-state index contributed by atoms with van der Waals surface area (Å²) in [7, 11) is -0.583. The highest BCUT2D eigenvalue weighted by Gasteiger charge is 2.24. The van der Waals surface area contributed by atoms with Crippen molar-refractivity contribution < 1.29 is 17.9 Å². The minimum Gasteiger partial charge on any atom is -0.493 e. The van der Waals surface area contributed by atoms with E-state index >= 15 is 0 Å². The van der Waals surface area contributed by atoms with Crippen molar-refractivity contribution in [1.82, 2.24) is 4.72 Å². The summed E-state index contributed by atoms with van der Waals surface area (Å²) in [5, 5.41) is 2.96. The first-order chi connectivity index (χ1) is 13.6. The molecule has 29 heavy (non-hydrogen) atoms. The minimum absolute atomic E-state index is 0.105. The third-order valence-electron chi connectivity index (χ3n) is 3.78. The van der Waals surface area contributed by atoms with E-state index in [1.165, 1.54) is 0 Å². The molecular weight excluding hydrogens is 392 g/mol. The average Bonchev–Trinajstić information content (AvgIpc) is 2.64. The molecule has 2 aromatic carbocycles. The van der Waals surface area contributed by atoms with Crippen LogP contribution >= 0.6 is 0 Å². The Hall–Kier alpha value is -2.78. The molecule has 4 N–H and O–H groups in total. The Morgan fingerprint density at radius 3 is 2.34 bits per heavy atom. The van der Waals surface area contributed by atoms with Gasteiger partial charge in [-0.2, -0.15) is 0 Å². The topological polar surface area (TPSA) is 115 Å². The smallest absolute Gasteiger partial charge is 0.241 e. The number of hydrogen-bond donors (Lipinski definition) is 3. The van der Waals surface area contributed by atoms with Crippen molar-refractivity contribution in [2.75, 3.05) is 19.5 Å². The van der Waals surface area contributed by atoms with Gasteiger partial charge in [-0.25, -0.2) is 18.1 Å². The molecule has 0 saturated heterocycles. The van der Waals surface area contributed by atoms with Crippen LogP contribution in [0.2, 0.25) is 0 Å². The number of hydrogen-bond acceptors (Lipinski definition) is 5. The van der Waals surface area contributed by atoms with Crippen molar-refractivity contribution in [3.63, 3.8) is 0 Å². The van der Waals surface area contributed by atoms with Crippen LogP contribution in [-0.2, 0) is 16.6 Å². The van der Waals surface area contributed by atoms with Crippen LogP contribution < -0.4 is 25.2 Å². The molecule has 0 unspecified atom stereocenters. The van der Waals surface area contributed by atoms with E-state index in [2.05, 4.69) is 15.0 Å². The van der Waals surface area contributed by atoms with E-state index in [1.54, 1.807) is 77.5 Å². The summed E-state index contributed by atoms with van der Waals surface area (Å²) in [6, 6.07) is 12.0. The predicted molar refractivity (Wildman–Crippen MR) is 115 cm³/mol. The summed E-state index contributed by atoms with van der Waals surface area (Å²) >= 11 is 0. The molecule has 0 aliphatic rings. The van der Waals surface area contributed by atoms with Gasteiger partial charge in [0.15, 0.2) is 17.5 Å². The molecule has 2 aromatic rings. The number of nitrogens with one attached hydrogen (secondary N) is 2. The number of aliphatic imine (C=N–C) groups is 1. The fourth-order valence-electron chi connectivity index (χ4n) is 2.63. The number of guanidine groups is 1. The highest BCUT2D eigenvalue weighted by molar-refractivity contribution is 7.89. The van der Waals surface area contributed by atoms with Gasteiger partial charge in [0.05, 0.1) is 25.7 Å². The van der Waals surface area contributed by atoms with Gasteiger partial charge in [0.2, 0.25) is 10.0 Å². The van der Waals surface area contributed by atoms with E-state index in [-0.39, 0.29) is 17.4 Å². The van der Waals surface area contributed by atoms with E-state index in [4.69, 9.17) is 15.2 Å². The van der Waals surface area contributed by atoms with Crippen molar-refractivity contribution in [1.29, 1.82) is 0 Å². The van der Waals surface area contributed by atoms with E-state index in [0.717, 1.165) is 0 Å². The van der Waals surface area contributed by atoms with E-state index in [0.29, 0.717) is 22.7 Å². The molecule has 0 aliphatic carbocycles. The van der Waals surface area contributed by atoms with Crippen LogP contribution in [0.4, 0.5) is 5.69 Å². The van der Waals surface area contributed by atoms with Crippen LogP contribution in [-0.4, -0.2) is 34.1 Å². The fraction of sp³-hybridized carbons (Fsp3) is 0.350. The molecule has 0 spiro atoms. The second-order valence-corrected chi connectivity index (χ2v) is 9.01. The molecule has 0 heterocycles. The molecule has 0 bridgehead atoms. The first-order valence-electron chi connectivity index (χ1n) is 8.96. The van der Waals surface area contributed by atoms with Gasteiger partial charge in [0.25, 0.3) is 0 Å². The molecule has 2 rings (SSSR count). The van der Waals surface area contributed by atoms with Gasteiger partial charge in [0.1, 0.15) is 0 Å². The maximum absolute atomic E-state index is 12.7. The molecular formula is C20H28N4O4S. The van der Waals surface area contributed by atoms with Crippen molar-refractivity contribution in [3.05, 3.63) is 48.0 Å². The van der Waals surface area contributed by atoms with Crippen molar-refractivity contribution >= 4 is 21.7 Å². The maximum Gasteiger partial charge on any atom is 0.241 e. The number of nitrogens with zero attached hydrogens (tertiary/aromatic N) is 1. The summed E-state index contributed by atoms with van der Waals surface area (Å²) in [5.41, 5.74) is 6.59. The summed E-state index contributed by atoms with van der Waals surface area (Å²) in [6.45, 7) is 5.47. The Morgan fingerprint density at radius 2 is 1.72 bits per heavy atom. The van der Waals surface area contributed by atoms with Crippen molar-refractivity contribution in [3.8, 4) is 11.5 Å². The molecule has 0 aliphatic heterocycles. The van der Waals surface area contributed by atoms with Crippen molar-refractivity contribution in [2.24, 2.45) is 10.7 Å². The lowest BCUT2D eigenvalue weighted by molar-refractivity contribution is 0.355. The largest absolute Gasteiger partial charge is 0.493 e. The molecule has 8 nitrogen and oxygen atoms in total. The monoisotopic (exact) mass is 420 g/mol. The molecule has 0 amide bonds. The standard InChI is InChI=1S/C20H28N4O4S/c1-20(2,3)24-29(25,26)18-9-7-6-8-14(18)13-22-19(21)23-15-10-11-16(27-4)17(12-15)28-5/h6-12,24H,13H2,1-5H3,(H3,21,22,23). The van der Waals surface area contributed by atoms with Gasteiger partial charge < -0.3 is 20.5 Å². The van der Waals surface area contributed by atoms with Crippen molar-refractivity contribution in [2.45, 2.75) is 37.8 Å². The summed E-state index contributed by atoms with van der Waals surface area (Å²) in [5.74, 6) is 1.29. The molecule has 0 fully saturated rings.